The first-order valence-corrected chi connectivity index (χ1v) is 8.44. The molecule has 24 heavy (non-hydrogen) atoms. The number of aromatic nitrogens is 3. The van der Waals surface area contributed by atoms with E-state index in [1.165, 1.54) is 0 Å². The van der Waals surface area contributed by atoms with Crippen molar-refractivity contribution in [3.63, 3.8) is 0 Å². The van der Waals surface area contributed by atoms with Crippen LogP contribution in [0.5, 0.6) is 0 Å². The summed E-state index contributed by atoms with van der Waals surface area (Å²) in [7, 11) is 1.86. The summed E-state index contributed by atoms with van der Waals surface area (Å²) < 4.78 is 2.00. The lowest BCUT2D eigenvalue weighted by molar-refractivity contribution is -0.122. The fraction of sp³-hybridized carbons (Fsp3) is 0.750. The van der Waals surface area contributed by atoms with Gasteiger partial charge in [0.2, 0.25) is 5.91 Å². The van der Waals surface area contributed by atoms with Gasteiger partial charge in [-0.05, 0) is 27.7 Å². The molecule has 1 rings (SSSR count). The van der Waals surface area contributed by atoms with E-state index in [9.17, 15) is 4.79 Å². The van der Waals surface area contributed by atoms with Gasteiger partial charge in [-0.25, -0.2) is 0 Å². The lowest BCUT2D eigenvalue weighted by Gasteiger charge is -2.25. The van der Waals surface area contributed by atoms with Crippen LogP contribution < -0.4 is 10.6 Å². The van der Waals surface area contributed by atoms with Gasteiger partial charge in [0.05, 0.1) is 13.1 Å². The van der Waals surface area contributed by atoms with Crippen molar-refractivity contribution >= 4 is 11.9 Å². The molecule has 0 spiro atoms. The molecule has 0 unspecified atom stereocenters. The third-order valence-electron chi connectivity index (χ3n) is 3.21. The van der Waals surface area contributed by atoms with Crippen molar-refractivity contribution in [1.29, 1.82) is 0 Å². The zero-order valence-corrected chi connectivity index (χ0v) is 15.8. The van der Waals surface area contributed by atoms with Crippen LogP contribution in [0, 0.1) is 0 Å². The van der Waals surface area contributed by atoms with E-state index >= 15 is 0 Å². The van der Waals surface area contributed by atoms with Crippen molar-refractivity contribution in [2.24, 2.45) is 4.99 Å². The lowest BCUT2D eigenvalue weighted by Crippen LogP contribution is -2.48. The molecule has 2 N–H and O–H groups in total. The summed E-state index contributed by atoms with van der Waals surface area (Å²) in [5.74, 6) is 1.64. The Morgan fingerprint density at radius 3 is 2.67 bits per heavy atom. The molecule has 8 nitrogen and oxygen atoms in total. The third kappa shape index (κ3) is 6.97. The van der Waals surface area contributed by atoms with Crippen LogP contribution in [0.3, 0.4) is 0 Å². The first-order valence-electron chi connectivity index (χ1n) is 8.44. The molecule has 1 aromatic heterocycles. The molecular weight excluding hydrogens is 306 g/mol. The van der Waals surface area contributed by atoms with E-state index < -0.39 is 0 Å². The summed E-state index contributed by atoms with van der Waals surface area (Å²) in [6.07, 6.45) is 2.57. The second-order valence-corrected chi connectivity index (χ2v) is 6.68. The number of nitrogens with zero attached hydrogens (tertiary/aromatic N) is 5. The number of rotatable bonds is 7. The van der Waals surface area contributed by atoms with Crippen LogP contribution in [0.4, 0.5) is 0 Å². The van der Waals surface area contributed by atoms with Gasteiger partial charge in [-0.1, -0.05) is 6.92 Å². The van der Waals surface area contributed by atoms with E-state index in [4.69, 9.17) is 0 Å². The number of guanidine groups is 1. The highest BCUT2D eigenvalue weighted by Gasteiger charge is 2.16. The van der Waals surface area contributed by atoms with Crippen molar-refractivity contribution in [2.45, 2.75) is 53.1 Å². The van der Waals surface area contributed by atoms with Gasteiger partial charge in [0.25, 0.3) is 0 Å². The van der Waals surface area contributed by atoms with Gasteiger partial charge < -0.3 is 20.1 Å². The fourth-order valence-corrected chi connectivity index (χ4v) is 2.22. The van der Waals surface area contributed by atoms with E-state index in [1.807, 2.05) is 44.2 Å². The number of carbonyl (C=O) groups is 1. The van der Waals surface area contributed by atoms with Gasteiger partial charge in [-0.15, -0.1) is 10.2 Å². The Hall–Kier alpha value is -2.12. The molecule has 0 atom stereocenters. The van der Waals surface area contributed by atoms with Gasteiger partial charge >= 0.3 is 0 Å². The van der Waals surface area contributed by atoms with Crippen molar-refractivity contribution in [3.05, 3.63) is 12.2 Å². The number of nitrogens with one attached hydrogen (secondary N) is 2. The molecule has 0 aliphatic rings. The molecule has 0 aliphatic carbocycles. The van der Waals surface area contributed by atoms with Crippen molar-refractivity contribution in [3.8, 4) is 0 Å². The molecule has 0 aliphatic heterocycles. The monoisotopic (exact) mass is 337 g/mol. The molecule has 0 fully saturated rings. The quantitative estimate of drug-likeness (QED) is 0.563. The van der Waals surface area contributed by atoms with E-state index in [0.29, 0.717) is 19.0 Å². The highest BCUT2D eigenvalue weighted by molar-refractivity contribution is 5.86. The molecule has 0 saturated carbocycles. The fourth-order valence-electron chi connectivity index (χ4n) is 2.22. The van der Waals surface area contributed by atoms with Crippen LogP contribution in [0.2, 0.25) is 0 Å². The smallest absolute Gasteiger partial charge is 0.240 e. The molecule has 0 saturated heterocycles. The van der Waals surface area contributed by atoms with Crippen LogP contribution in [-0.4, -0.2) is 63.8 Å². The molecule has 1 aromatic rings. The zero-order valence-electron chi connectivity index (χ0n) is 15.8. The first kappa shape index (κ1) is 19.9. The van der Waals surface area contributed by atoms with E-state index in [2.05, 4.69) is 32.7 Å². The molecule has 136 valence electrons. The maximum atomic E-state index is 12.1. The summed E-state index contributed by atoms with van der Waals surface area (Å²) in [6, 6.07) is 0. The van der Waals surface area contributed by atoms with Crippen LogP contribution in [0.25, 0.3) is 0 Å². The minimum Gasteiger partial charge on any atom is -0.357 e. The third-order valence-corrected chi connectivity index (χ3v) is 3.21. The van der Waals surface area contributed by atoms with Crippen LogP contribution in [0.15, 0.2) is 11.3 Å². The van der Waals surface area contributed by atoms with E-state index in [-0.39, 0.29) is 18.0 Å². The van der Waals surface area contributed by atoms with Crippen LogP contribution >= 0.6 is 0 Å². The van der Waals surface area contributed by atoms with Crippen molar-refractivity contribution in [2.75, 3.05) is 26.7 Å². The summed E-state index contributed by atoms with van der Waals surface area (Å²) in [6.45, 7) is 12.3. The number of hydrogen-bond acceptors (Lipinski definition) is 4. The van der Waals surface area contributed by atoms with Gasteiger partial charge in [-0.2, -0.15) is 0 Å². The van der Waals surface area contributed by atoms with Crippen LogP contribution in [0.1, 0.15) is 40.4 Å². The van der Waals surface area contributed by atoms with Gasteiger partial charge in [0.15, 0.2) is 5.96 Å². The number of hydrogen-bond donors (Lipinski definition) is 2. The van der Waals surface area contributed by atoms with Crippen LogP contribution in [-0.2, 0) is 17.8 Å². The SMILES string of the molecule is CCNC(=NCCn1cnnc1CC)N(C)CC(=O)NC(C)(C)C. The average molecular weight is 337 g/mol. The summed E-state index contributed by atoms with van der Waals surface area (Å²) >= 11 is 0. The Morgan fingerprint density at radius 1 is 1.38 bits per heavy atom. The molecule has 8 heteroatoms. The van der Waals surface area contributed by atoms with Crippen molar-refractivity contribution in [1.82, 2.24) is 30.3 Å². The number of carbonyl (C=O) groups excluding carboxylic acids is 1. The Kier molecular flexibility index (Phi) is 7.67. The Labute approximate surface area is 144 Å². The highest BCUT2D eigenvalue weighted by Crippen LogP contribution is 1.99. The summed E-state index contributed by atoms with van der Waals surface area (Å²) in [5.41, 5.74) is -0.238. The number of aryl methyl sites for hydroxylation is 1. The normalized spacial score (nSPS) is 12.2. The molecule has 1 amide bonds. The number of amides is 1. The predicted molar refractivity (Wildman–Crippen MR) is 95.9 cm³/mol. The minimum atomic E-state index is -0.238. The van der Waals surface area contributed by atoms with E-state index in [1.54, 1.807) is 6.33 Å². The van der Waals surface area contributed by atoms with Crippen molar-refractivity contribution < 1.29 is 4.79 Å². The summed E-state index contributed by atoms with van der Waals surface area (Å²) in [5, 5.41) is 14.2. The number of likely N-dealkylation sites (N-methyl/N-ethyl adjacent to an activating group) is 1. The molecule has 0 radical (unpaired) electrons. The largest absolute Gasteiger partial charge is 0.357 e. The zero-order chi connectivity index (χ0) is 18.2. The Morgan fingerprint density at radius 2 is 2.08 bits per heavy atom. The molecule has 0 aromatic carbocycles. The maximum Gasteiger partial charge on any atom is 0.240 e. The lowest BCUT2D eigenvalue weighted by atomic mass is 10.1. The Balaban J connectivity index is 2.62. The predicted octanol–water partition coefficient (Wildman–Crippen LogP) is 0.653. The average Bonchev–Trinajstić information content (AvgIpc) is 2.91. The molecule has 1 heterocycles. The number of aliphatic imine (C=N–C) groups is 1. The molecular formula is C16H31N7O. The minimum absolute atomic E-state index is 0.0253. The maximum absolute atomic E-state index is 12.1. The second kappa shape index (κ2) is 9.24. The van der Waals surface area contributed by atoms with Gasteiger partial charge in [0.1, 0.15) is 12.2 Å². The topological polar surface area (TPSA) is 87.4 Å². The van der Waals surface area contributed by atoms with E-state index in [0.717, 1.165) is 18.8 Å². The highest BCUT2D eigenvalue weighted by atomic mass is 16.2. The van der Waals surface area contributed by atoms with Gasteiger partial charge in [-0.3, -0.25) is 9.79 Å². The van der Waals surface area contributed by atoms with Gasteiger partial charge in [0, 0.05) is 32.1 Å². The molecule has 0 bridgehead atoms. The Bertz CT molecular complexity index is 545. The second-order valence-electron chi connectivity index (χ2n) is 6.68. The standard InChI is InChI=1S/C16H31N7O/c1-7-13-21-19-12-23(13)10-9-18-15(17-8-2)22(6)11-14(24)20-16(3,4)5/h12H,7-11H2,1-6H3,(H,17,18)(H,20,24). The summed E-state index contributed by atoms with van der Waals surface area (Å²) in [4.78, 5) is 18.5. The first-order chi connectivity index (χ1) is 11.3.